The van der Waals surface area contributed by atoms with E-state index < -0.39 is 0 Å². The number of rotatable bonds is 6. The molecule has 1 N–H and O–H groups in total. The van der Waals surface area contributed by atoms with Gasteiger partial charge in [-0.1, -0.05) is 19.1 Å². The molecule has 2 aromatic rings. The van der Waals surface area contributed by atoms with Crippen molar-refractivity contribution in [1.29, 1.82) is 0 Å². The molecule has 3 atom stereocenters. The van der Waals surface area contributed by atoms with Crippen molar-refractivity contribution in [2.24, 2.45) is 11.8 Å². The van der Waals surface area contributed by atoms with Crippen LogP contribution < -0.4 is 20.6 Å². The van der Waals surface area contributed by atoms with Crippen molar-refractivity contribution in [3.05, 3.63) is 63.2 Å². The van der Waals surface area contributed by atoms with Crippen LogP contribution in [0.15, 0.2) is 45.1 Å². The highest BCUT2D eigenvalue weighted by Crippen LogP contribution is 2.40. The summed E-state index contributed by atoms with van der Waals surface area (Å²) in [6.45, 7) is 6.00. The monoisotopic (exact) mass is 408 g/mol. The maximum absolute atomic E-state index is 12.1. The van der Waals surface area contributed by atoms with Gasteiger partial charge in [0.2, 0.25) is 0 Å². The van der Waals surface area contributed by atoms with Crippen LogP contribution in [-0.4, -0.2) is 26.7 Å². The summed E-state index contributed by atoms with van der Waals surface area (Å²) >= 11 is 0. The quantitative estimate of drug-likeness (QED) is 0.769. The Morgan fingerprint density at radius 2 is 2.00 bits per heavy atom. The minimum atomic E-state index is -0.297. The van der Waals surface area contributed by atoms with E-state index in [-0.39, 0.29) is 11.7 Å². The minimum absolute atomic E-state index is 0.0819. The third-order valence-corrected chi connectivity index (χ3v) is 6.46. The van der Waals surface area contributed by atoms with Crippen molar-refractivity contribution in [3.63, 3.8) is 0 Å². The van der Waals surface area contributed by atoms with Gasteiger partial charge in [-0.3, -0.25) is 0 Å². The molecule has 1 aliphatic carbocycles. The van der Waals surface area contributed by atoms with Gasteiger partial charge in [0.15, 0.2) is 0 Å². The summed E-state index contributed by atoms with van der Waals surface area (Å²) < 4.78 is 11.5. The van der Waals surface area contributed by atoms with Crippen LogP contribution >= 0.6 is 0 Å². The summed E-state index contributed by atoms with van der Waals surface area (Å²) in [7, 11) is 4.12. The molecule has 1 unspecified atom stereocenters. The molecular formula is C25H32N2O3. The molecule has 1 aromatic carbocycles. The van der Waals surface area contributed by atoms with Gasteiger partial charge in [0, 0.05) is 32.4 Å². The number of ether oxygens (including phenoxy) is 1. The summed E-state index contributed by atoms with van der Waals surface area (Å²) in [6, 6.07) is 10.5. The number of nitrogens with zero attached hydrogens (tertiary/aromatic N) is 1. The standard InChI is InChI=1S/C25H32N2O3/c1-16(14-26-15-18-5-9-21(10-6-18)27(3)4)19-7-8-20-12-22-24(30-23(20)13-19)11-17(2)29-25(22)28/h5-6,9-12,16,19,23,26H,7-8,13-15H2,1-4H3/t16?,19-,23-/m0/s1. The van der Waals surface area contributed by atoms with Crippen molar-refractivity contribution < 1.29 is 9.15 Å². The highest BCUT2D eigenvalue weighted by atomic mass is 16.5. The molecule has 1 saturated carbocycles. The molecule has 1 aliphatic heterocycles. The van der Waals surface area contributed by atoms with E-state index in [2.05, 4.69) is 55.5 Å². The largest absolute Gasteiger partial charge is 0.485 e. The van der Waals surface area contributed by atoms with E-state index in [9.17, 15) is 4.79 Å². The molecular weight excluding hydrogens is 376 g/mol. The van der Waals surface area contributed by atoms with Crippen LogP contribution in [-0.2, 0) is 6.54 Å². The molecule has 5 nitrogen and oxygen atoms in total. The van der Waals surface area contributed by atoms with E-state index in [0.717, 1.165) is 32.4 Å². The highest BCUT2D eigenvalue weighted by Gasteiger charge is 2.33. The number of nitrogens with one attached hydrogen (secondary N) is 1. The predicted octanol–water partition coefficient (Wildman–Crippen LogP) is 4.38. The van der Waals surface area contributed by atoms with Crippen LogP contribution in [0.25, 0.3) is 6.08 Å². The van der Waals surface area contributed by atoms with E-state index in [1.807, 2.05) is 12.1 Å². The molecule has 0 radical (unpaired) electrons. The normalized spacial score (nSPS) is 21.1. The Bertz CT molecular complexity index is 975. The fourth-order valence-electron chi connectivity index (χ4n) is 4.55. The molecule has 5 heteroatoms. The fraction of sp³-hybridized carbons (Fsp3) is 0.480. The first-order chi connectivity index (χ1) is 14.4. The summed E-state index contributed by atoms with van der Waals surface area (Å²) in [5, 5.41) is 3.63. The Hall–Kier alpha value is -2.53. The zero-order valence-electron chi connectivity index (χ0n) is 18.4. The Morgan fingerprint density at radius 3 is 2.73 bits per heavy atom. The van der Waals surface area contributed by atoms with Gasteiger partial charge in [-0.15, -0.1) is 0 Å². The average molecular weight is 409 g/mol. The van der Waals surface area contributed by atoms with E-state index in [1.165, 1.54) is 16.8 Å². The number of benzene rings is 1. The maximum Gasteiger partial charge on any atom is 0.346 e. The van der Waals surface area contributed by atoms with Gasteiger partial charge in [0.05, 0.1) is 0 Å². The molecule has 0 amide bonds. The highest BCUT2D eigenvalue weighted by molar-refractivity contribution is 5.62. The Labute approximate surface area is 178 Å². The van der Waals surface area contributed by atoms with Crippen LogP contribution in [0.5, 0.6) is 5.75 Å². The van der Waals surface area contributed by atoms with Crippen molar-refractivity contribution in [1.82, 2.24) is 5.32 Å². The number of hydrogen-bond donors (Lipinski definition) is 1. The fourth-order valence-corrected chi connectivity index (χ4v) is 4.55. The summed E-state index contributed by atoms with van der Waals surface area (Å²) in [5.74, 6) is 2.45. The van der Waals surface area contributed by atoms with Gasteiger partial charge < -0.3 is 19.4 Å². The lowest BCUT2D eigenvalue weighted by atomic mass is 9.76. The topological polar surface area (TPSA) is 54.7 Å². The lowest BCUT2D eigenvalue weighted by Crippen LogP contribution is -2.36. The zero-order valence-corrected chi connectivity index (χ0v) is 18.4. The second-order valence-electron chi connectivity index (χ2n) is 8.95. The first-order valence-electron chi connectivity index (χ1n) is 10.9. The molecule has 2 aliphatic rings. The molecule has 30 heavy (non-hydrogen) atoms. The summed E-state index contributed by atoms with van der Waals surface area (Å²) in [4.78, 5) is 14.2. The number of aryl methyl sites for hydroxylation is 1. The van der Waals surface area contributed by atoms with Gasteiger partial charge in [0.1, 0.15) is 23.2 Å². The summed E-state index contributed by atoms with van der Waals surface area (Å²) in [5.41, 5.74) is 4.04. The van der Waals surface area contributed by atoms with Crippen molar-refractivity contribution >= 4 is 11.8 Å². The Morgan fingerprint density at radius 1 is 1.23 bits per heavy atom. The van der Waals surface area contributed by atoms with Gasteiger partial charge >= 0.3 is 5.63 Å². The third kappa shape index (κ3) is 4.46. The van der Waals surface area contributed by atoms with E-state index in [1.54, 1.807) is 6.92 Å². The van der Waals surface area contributed by atoms with Gasteiger partial charge in [0.25, 0.3) is 0 Å². The number of hydrogen-bond acceptors (Lipinski definition) is 5. The molecule has 1 aromatic heterocycles. The molecule has 160 valence electrons. The van der Waals surface area contributed by atoms with Crippen LogP contribution in [0.2, 0.25) is 0 Å². The molecule has 0 spiro atoms. The Kier molecular flexibility index (Phi) is 6.00. The SMILES string of the molecule is Cc1cc2c(c(=O)o1)C=C1CC[C@H](C(C)CNCc3ccc(N(C)C)cc3)C[C@@H]1O2. The average Bonchev–Trinajstić information content (AvgIpc) is 2.72. The van der Waals surface area contributed by atoms with E-state index >= 15 is 0 Å². The molecule has 0 saturated heterocycles. The predicted molar refractivity (Wildman–Crippen MR) is 121 cm³/mol. The van der Waals surface area contributed by atoms with Crippen LogP contribution in [0.4, 0.5) is 5.69 Å². The van der Waals surface area contributed by atoms with Crippen molar-refractivity contribution in [2.75, 3.05) is 25.5 Å². The van der Waals surface area contributed by atoms with Crippen LogP contribution in [0.3, 0.4) is 0 Å². The Balaban J connectivity index is 1.32. The van der Waals surface area contributed by atoms with E-state index in [4.69, 9.17) is 9.15 Å². The van der Waals surface area contributed by atoms with Crippen molar-refractivity contribution in [3.8, 4) is 5.75 Å². The lowest BCUT2D eigenvalue weighted by molar-refractivity contribution is 0.140. The minimum Gasteiger partial charge on any atom is -0.485 e. The second-order valence-corrected chi connectivity index (χ2v) is 8.95. The molecule has 1 fully saturated rings. The molecule has 4 rings (SSSR count). The first-order valence-corrected chi connectivity index (χ1v) is 10.9. The zero-order chi connectivity index (χ0) is 21.3. The van der Waals surface area contributed by atoms with Gasteiger partial charge in [-0.05, 0) is 73.9 Å². The first kappa shape index (κ1) is 20.7. The molecule has 0 bridgehead atoms. The molecule has 2 heterocycles. The smallest absolute Gasteiger partial charge is 0.346 e. The number of fused-ring (bicyclic) bond motifs is 2. The van der Waals surface area contributed by atoms with E-state index in [0.29, 0.717) is 28.9 Å². The lowest BCUT2D eigenvalue weighted by Gasteiger charge is -2.37. The van der Waals surface area contributed by atoms with Crippen LogP contribution in [0, 0.1) is 18.8 Å². The van der Waals surface area contributed by atoms with Gasteiger partial charge in [-0.2, -0.15) is 0 Å². The maximum atomic E-state index is 12.1. The third-order valence-electron chi connectivity index (χ3n) is 6.46. The van der Waals surface area contributed by atoms with Crippen LogP contribution in [0.1, 0.15) is 43.1 Å². The van der Waals surface area contributed by atoms with Crippen molar-refractivity contribution in [2.45, 2.75) is 45.8 Å². The van der Waals surface area contributed by atoms with Gasteiger partial charge in [-0.25, -0.2) is 4.79 Å². The second kappa shape index (κ2) is 8.68. The number of anilines is 1. The summed E-state index contributed by atoms with van der Waals surface area (Å²) in [6.07, 6.45) is 5.21.